The molecule has 0 aliphatic heterocycles. The zero-order valence-corrected chi connectivity index (χ0v) is 14.1. The van der Waals surface area contributed by atoms with Crippen molar-refractivity contribution in [2.24, 2.45) is 0 Å². The largest absolute Gasteiger partial charge is 0.377 e. The van der Waals surface area contributed by atoms with Crippen LogP contribution in [0, 0.1) is 0 Å². The van der Waals surface area contributed by atoms with Crippen LogP contribution in [-0.2, 0) is 11.3 Å². The number of methoxy groups -OCH3 is 1. The number of nitrogens with zero attached hydrogens (tertiary/aromatic N) is 3. The molecule has 0 amide bonds. The normalized spacial score (nSPS) is 12.2. The highest BCUT2D eigenvalue weighted by Crippen LogP contribution is 2.20. The van der Waals surface area contributed by atoms with Crippen molar-refractivity contribution < 1.29 is 4.74 Å². The second-order valence-corrected chi connectivity index (χ2v) is 5.30. The average Bonchev–Trinajstić information content (AvgIpc) is 2.48. The minimum atomic E-state index is 0.439. The Morgan fingerprint density at radius 2 is 2.05 bits per heavy atom. The number of nitrogens with one attached hydrogen (secondary N) is 1. The van der Waals surface area contributed by atoms with Gasteiger partial charge in [-0.25, -0.2) is 9.97 Å². The summed E-state index contributed by atoms with van der Waals surface area (Å²) in [7, 11) is 1.67. The first-order valence-corrected chi connectivity index (χ1v) is 8.03. The van der Waals surface area contributed by atoms with Gasteiger partial charge in [0.15, 0.2) is 5.82 Å². The Bertz CT molecular complexity index is 387. The molecule has 1 heterocycles. The molecule has 0 saturated heterocycles. The molecule has 1 N–H and O–H groups in total. The molecule has 5 heteroatoms. The van der Waals surface area contributed by atoms with Crippen molar-refractivity contribution >= 4 is 11.6 Å². The van der Waals surface area contributed by atoms with Crippen LogP contribution < -0.4 is 10.2 Å². The lowest BCUT2D eigenvalue weighted by molar-refractivity contribution is 0.178. The Kier molecular flexibility index (Phi) is 8.05. The van der Waals surface area contributed by atoms with E-state index in [1.165, 1.54) is 12.8 Å². The number of hydrogen-bond acceptors (Lipinski definition) is 5. The predicted molar refractivity (Wildman–Crippen MR) is 88.9 cm³/mol. The van der Waals surface area contributed by atoms with Crippen molar-refractivity contribution in [1.82, 2.24) is 9.97 Å². The highest BCUT2D eigenvalue weighted by atomic mass is 16.5. The summed E-state index contributed by atoms with van der Waals surface area (Å²) in [6, 6.07) is 2.51. The van der Waals surface area contributed by atoms with Gasteiger partial charge >= 0.3 is 0 Å². The van der Waals surface area contributed by atoms with Crippen LogP contribution in [0.5, 0.6) is 0 Å². The number of unbranched alkanes of at least 4 members (excludes halogenated alkanes) is 1. The summed E-state index contributed by atoms with van der Waals surface area (Å²) in [4.78, 5) is 11.5. The molecule has 1 rings (SSSR count). The van der Waals surface area contributed by atoms with Gasteiger partial charge in [0.2, 0.25) is 0 Å². The highest BCUT2D eigenvalue weighted by Gasteiger charge is 2.16. The van der Waals surface area contributed by atoms with Crippen LogP contribution in [0.1, 0.15) is 52.8 Å². The van der Waals surface area contributed by atoms with Crippen molar-refractivity contribution in [2.75, 3.05) is 30.4 Å². The molecule has 0 aromatic carbocycles. The molecule has 1 aromatic heterocycles. The third-order valence-electron chi connectivity index (χ3n) is 3.56. The maximum atomic E-state index is 5.19. The Labute approximate surface area is 129 Å². The Balaban J connectivity index is 3.08. The van der Waals surface area contributed by atoms with Crippen LogP contribution in [-0.4, -0.2) is 36.2 Å². The van der Waals surface area contributed by atoms with Crippen molar-refractivity contribution in [3.63, 3.8) is 0 Å². The summed E-state index contributed by atoms with van der Waals surface area (Å²) < 4.78 is 5.19. The van der Waals surface area contributed by atoms with E-state index in [-0.39, 0.29) is 0 Å². The molecule has 1 aromatic rings. The molecule has 0 bridgehead atoms. The van der Waals surface area contributed by atoms with E-state index in [4.69, 9.17) is 4.74 Å². The fraction of sp³-hybridized carbons (Fsp3) is 0.750. The van der Waals surface area contributed by atoms with Crippen LogP contribution in [0.2, 0.25) is 0 Å². The number of hydrogen-bond donors (Lipinski definition) is 1. The molecule has 0 aliphatic rings. The first kappa shape index (κ1) is 17.7. The lowest BCUT2D eigenvalue weighted by atomic mass is 10.2. The SMILES string of the molecule is CCCCN(c1cc(NCC)nc(COC)n1)C(C)CC. The first-order valence-electron chi connectivity index (χ1n) is 8.03. The van der Waals surface area contributed by atoms with Crippen molar-refractivity contribution in [2.45, 2.75) is 59.6 Å². The molecular weight excluding hydrogens is 264 g/mol. The second-order valence-electron chi connectivity index (χ2n) is 5.30. The maximum absolute atomic E-state index is 5.19. The molecule has 0 saturated carbocycles. The Morgan fingerprint density at radius 1 is 1.29 bits per heavy atom. The number of aromatic nitrogens is 2. The van der Waals surface area contributed by atoms with Gasteiger partial charge in [-0.05, 0) is 26.7 Å². The van der Waals surface area contributed by atoms with Gasteiger partial charge in [0.25, 0.3) is 0 Å². The minimum absolute atomic E-state index is 0.439. The zero-order valence-electron chi connectivity index (χ0n) is 14.1. The van der Waals surface area contributed by atoms with Crippen LogP contribution >= 0.6 is 0 Å². The van der Waals surface area contributed by atoms with Gasteiger partial charge < -0.3 is 15.0 Å². The predicted octanol–water partition coefficient (Wildman–Crippen LogP) is 3.46. The van der Waals surface area contributed by atoms with Crippen LogP contribution in [0.15, 0.2) is 6.07 Å². The second kappa shape index (κ2) is 9.55. The van der Waals surface area contributed by atoms with E-state index < -0.39 is 0 Å². The third kappa shape index (κ3) is 5.50. The van der Waals surface area contributed by atoms with Gasteiger partial charge in [-0.2, -0.15) is 0 Å². The van der Waals surface area contributed by atoms with Gasteiger partial charge in [-0.3, -0.25) is 0 Å². The minimum Gasteiger partial charge on any atom is -0.377 e. The number of anilines is 2. The Hall–Kier alpha value is -1.36. The highest BCUT2D eigenvalue weighted by molar-refractivity contribution is 5.50. The van der Waals surface area contributed by atoms with E-state index in [0.717, 1.165) is 37.0 Å². The van der Waals surface area contributed by atoms with Crippen molar-refractivity contribution in [1.29, 1.82) is 0 Å². The van der Waals surface area contributed by atoms with E-state index in [0.29, 0.717) is 12.6 Å². The monoisotopic (exact) mass is 294 g/mol. The van der Waals surface area contributed by atoms with E-state index in [2.05, 4.69) is 47.9 Å². The smallest absolute Gasteiger partial charge is 0.158 e. The summed E-state index contributed by atoms with van der Waals surface area (Å²) in [6.07, 6.45) is 3.46. The van der Waals surface area contributed by atoms with E-state index in [9.17, 15) is 0 Å². The lowest BCUT2D eigenvalue weighted by Crippen LogP contribution is -2.34. The van der Waals surface area contributed by atoms with E-state index >= 15 is 0 Å². The summed E-state index contributed by atoms with van der Waals surface area (Å²) in [5, 5.41) is 3.28. The lowest BCUT2D eigenvalue weighted by Gasteiger charge is -2.30. The van der Waals surface area contributed by atoms with Crippen LogP contribution in [0.25, 0.3) is 0 Å². The van der Waals surface area contributed by atoms with Gasteiger partial charge in [-0.15, -0.1) is 0 Å². The molecule has 0 radical (unpaired) electrons. The van der Waals surface area contributed by atoms with Crippen LogP contribution in [0.4, 0.5) is 11.6 Å². The van der Waals surface area contributed by atoms with Gasteiger partial charge in [-0.1, -0.05) is 20.3 Å². The molecule has 0 aliphatic carbocycles. The summed E-state index contributed by atoms with van der Waals surface area (Å²) in [6.45, 7) is 11.1. The van der Waals surface area contributed by atoms with Gasteiger partial charge in [0, 0.05) is 32.3 Å². The molecule has 0 fully saturated rings. The fourth-order valence-electron chi connectivity index (χ4n) is 2.21. The molecule has 21 heavy (non-hydrogen) atoms. The third-order valence-corrected chi connectivity index (χ3v) is 3.56. The number of ether oxygens (including phenoxy) is 1. The van der Waals surface area contributed by atoms with E-state index in [1.54, 1.807) is 7.11 Å². The molecular formula is C16H30N4O. The maximum Gasteiger partial charge on any atom is 0.158 e. The first-order chi connectivity index (χ1) is 10.2. The number of rotatable bonds is 10. The van der Waals surface area contributed by atoms with Crippen molar-refractivity contribution in [3.05, 3.63) is 11.9 Å². The average molecular weight is 294 g/mol. The van der Waals surface area contributed by atoms with E-state index in [1.807, 2.05) is 6.07 Å². The zero-order chi connectivity index (χ0) is 15.7. The van der Waals surface area contributed by atoms with Gasteiger partial charge in [0.1, 0.15) is 18.2 Å². The van der Waals surface area contributed by atoms with Crippen LogP contribution in [0.3, 0.4) is 0 Å². The molecule has 5 nitrogen and oxygen atoms in total. The summed E-state index contributed by atoms with van der Waals surface area (Å²) in [5.41, 5.74) is 0. The quantitative estimate of drug-likeness (QED) is 0.716. The standard InChI is InChI=1S/C16H30N4O/c1-6-9-10-20(13(4)7-2)16-11-14(17-8-3)18-15(19-16)12-21-5/h11,13H,6-10,12H2,1-5H3,(H,17,18,19). The summed E-state index contributed by atoms with van der Waals surface area (Å²) >= 11 is 0. The fourth-order valence-corrected chi connectivity index (χ4v) is 2.21. The van der Waals surface area contributed by atoms with Crippen molar-refractivity contribution in [3.8, 4) is 0 Å². The molecule has 0 spiro atoms. The molecule has 1 atom stereocenters. The molecule has 120 valence electrons. The summed E-state index contributed by atoms with van der Waals surface area (Å²) in [5.74, 6) is 2.60. The topological polar surface area (TPSA) is 50.3 Å². The Morgan fingerprint density at radius 3 is 2.62 bits per heavy atom. The molecule has 1 unspecified atom stereocenters. The van der Waals surface area contributed by atoms with Gasteiger partial charge in [0.05, 0.1) is 0 Å².